The van der Waals surface area contributed by atoms with Gasteiger partial charge in [-0.3, -0.25) is 4.57 Å². The van der Waals surface area contributed by atoms with Gasteiger partial charge in [0, 0.05) is 36.8 Å². The smallest absolute Gasteiger partial charge is 0.348 e. The highest BCUT2D eigenvalue weighted by Crippen LogP contribution is 2.30. The Morgan fingerprint density at radius 3 is 2.15 bits per heavy atom. The highest BCUT2D eigenvalue weighted by atomic mass is 16.1. The molecule has 4 heteroatoms. The van der Waals surface area contributed by atoms with Crippen molar-refractivity contribution in [2.24, 2.45) is 0 Å². The predicted molar refractivity (Wildman–Crippen MR) is 110 cm³/mol. The lowest BCUT2D eigenvalue weighted by Gasteiger charge is -2.19. The maximum Gasteiger partial charge on any atom is 0.348 e. The molecule has 0 atom stereocenters. The molecule has 136 valence electrons. The summed E-state index contributed by atoms with van der Waals surface area (Å²) in [7, 11) is 4.04. The van der Waals surface area contributed by atoms with Crippen LogP contribution in [0.1, 0.15) is 45.2 Å². The number of aromatic nitrogens is 2. The predicted octanol–water partition coefficient (Wildman–Crippen LogP) is 4.83. The number of nitrogens with zero attached hydrogens (tertiary/aromatic N) is 3. The second-order valence-corrected chi connectivity index (χ2v) is 7.58. The fourth-order valence-electron chi connectivity index (χ4n) is 3.26. The molecule has 0 aliphatic heterocycles. The first-order valence-corrected chi connectivity index (χ1v) is 9.13. The summed E-state index contributed by atoms with van der Waals surface area (Å²) >= 11 is 0. The summed E-state index contributed by atoms with van der Waals surface area (Å²) in [5.74, 6) is 0.475. The molecule has 2 aromatic carbocycles. The van der Waals surface area contributed by atoms with Crippen LogP contribution in [-0.4, -0.2) is 23.6 Å². The van der Waals surface area contributed by atoms with Crippen molar-refractivity contribution < 1.29 is 0 Å². The Hall–Kier alpha value is -2.62. The Morgan fingerprint density at radius 2 is 1.62 bits per heavy atom. The fourth-order valence-corrected chi connectivity index (χ4v) is 3.26. The summed E-state index contributed by atoms with van der Waals surface area (Å²) in [6.07, 6.45) is 0. The van der Waals surface area contributed by atoms with E-state index in [1.165, 1.54) is 5.56 Å². The summed E-state index contributed by atoms with van der Waals surface area (Å²) in [5, 5.41) is 1.00. The molecule has 4 nitrogen and oxygen atoms in total. The van der Waals surface area contributed by atoms with Gasteiger partial charge in [0.25, 0.3) is 0 Å². The van der Waals surface area contributed by atoms with Crippen molar-refractivity contribution in [3.05, 3.63) is 58.5 Å². The van der Waals surface area contributed by atoms with E-state index in [0.717, 1.165) is 27.8 Å². The number of rotatable bonds is 4. The molecular formula is C22H27N3O. The standard InChI is InChI=1S/C22H27N3O/c1-14(2)16-7-9-17(10-8-16)21-19-13-18(24(5)6)11-12-20(19)25(15(3)4)22(26)23-21/h7-15H,1-6H3. The summed E-state index contributed by atoms with van der Waals surface area (Å²) in [5.41, 5.74) is 4.82. The fraction of sp³-hybridized carbons (Fsp3) is 0.364. The van der Waals surface area contributed by atoms with E-state index in [1.807, 2.05) is 40.1 Å². The van der Waals surface area contributed by atoms with Gasteiger partial charge in [0.2, 0.25) is 0 Å². The molecule has 0 saturated heterocycles. The minimum Gasteiger partial charge on any atom is -0.378 e. The number of hydrogen-bond donors (Lipinski definition) is 0. The molecule has 3 aromatic rings. The van der Waals surface area contributed by atoms with Gasteiger partial charge in [0.15, 0.2) is 0 Å². The molecule has 0 amide bonds. The first-order chi connectivity index (χ1) is 12.3. The highest BCUT2D eigenvalue weighted by molar-refractivity contribution is 5.94. The van der Waals surface area contributed by atoms with Crippen LogP contribution >= 0.6 is 0 Å². The number of fused-ring (bicyclic) bond motifs is 1. The molecule has 0 saturated carbocycles. The largest absolute Gasteiger partial charge is 0.378 e. The SMILES string of the molecule is CC(C)c1ccc(-c2nc(=O)n(C(C)C)c3ccc(N(C)C)cc23)cc1. The molecular weight excluding hydrogens is 322 g/mol. The van der Waals surface area contributed by atoms with Gasteiger partial charge in [-0.25, -0.2) is 4.79 Å². The molecule has 0 bridgehead atoms. The van der Waals surface area contributed by atoms with Crippen LogP contribution in [0.4, 0.5) is 5.69 Å². The lowest BCUT2D eigenvalue weighted by atomic mass is 9.99. The van der Waals surface area contributed by atoms with Gasteiger partial charge in [-0.15, -0.1) is 0 Å². The Morgan fingerprint density at radius 1 is 0.962 bits per heavy atom. The van der Waals surface area contributed by atoms with Crippen LogP contribution in [-0.2, 0) is 0 Å². The van der Waals surface area contributed by atoms with E-state index in [1.54, 1.807) is 4.57 Å². The molecule has 0 unspecified atom stereocenters. The second kappa shape index (κ2) is 6.94. The normalized spacial score (nSPS) is 11.5. The van der Waals surface area contributed by atoms with Crippen LogP contribution in [0, 0.1) is 0 Å². The molecule has 0 N–H and O–H groups in total. The van der Waals surface area contributed by atoms with E-state index in [-0.39, 0.29) is 11.7 Å². The van der Waals surface area contributed by atoms with Crippen molar-refractivity contribution in [2.45, 2.75) is 39.7 Å². The Bertz CT molecular complexity index is 983. The third kappa shape index (κ3) is 3.24. The third-order valence-electron chi connectivity index (χ3n) is 4.79. The average molecular weight is 349 g/mol. The van der Waals surface area contributed by atoms with Gasteiger partial charge < -0.3 is 4.90 Å². The van der Waals surface area contributed by atoms with Crippen molar-refractivity contribution in [1.82, 2.24) is 9.55 Å². The van der Waals surface area contributed by atoms with Crippen LogP contribution < -0.4 is 10.6 Å². The van der Waals surface area contributed by atoms with E-state index in [2.05, 4.69) is 54.1 Å². The zero-order chi connectivity index (χ0) is 19.0. The summed E-state index contributed by atoms with van der Waals surface area (Å²) in [6, 6.07) is 14.6. The minimum atomic E-state index is -0.201. The monoisotopic (exact) mass is 349 g/mol. The van der Waals surface area contributed by atoms with Gasteiger partial charge in [0.05, 0.1) is 11.2 Å². The second-order valence-electron chi connectivity index (χ2n) is 7.58. The molecule has 0 aliphatic rings. The molecule has 1 aromatic heterocycles. The van der Waals surface area contributed by atoms with E-state index in [4.69, 9.17) is 0 Å². The Labute approximate surface area is 155 Å². The zero-order valence-electron chi connectivity index (χ0n) is 16.4. The molecule has 0 fully saturated rings. The molecule has 3 rings (SSSR count). The van der Waals surface area contributed by atoms with Gasteiger partial charge in [-0.2, -0.15) is 4.98 Å². The lowest BCUT2D eigenvalue weighted by molar-refractivity contribution is 0.587. The molecule has 0 aliphatic carbocycles. The number of hydrogen-bond acceptors (Lipinski definition) is 3. The van der Waals surface area contributed by atoms with Crippen molar-refractivity contribution in [3.8, 4) is 11.3 Å². The minimum absolute atomic E-state index is 0.0556. The van der Waals surface area contributed by atoms with Crippen LogP contribution in [0.15, 0.2) is 47.3 Å². The zero-order valence-corrected chi connectivity index (χ0v) is 16.4. The van der Waals surface area contributed by atoms with Gasteiger partial charge >= 0.3 is 5.69 Å². The number of anilines is 1. The summed E-state index contributed by atoms with van der Waals surface area (Å²) in [6.45, 7) is 8.38. The van der Waals surface area contributed by atoms with E-state index >= 15 is 0 Å². The molecule has 0 radical (unpaired) electrons. The topological polar surface area (TPSA) is 38.1 Å². The first kappa shape index (κ1) is 18.2. The Kier molecular flexibility index (Phi) is 4.86. The quantitative estimate of drug-likeness (QED) is 0.677. The lowest BCUT2D eigenvalue weighted by Crippen LogP contribution is -2.25. The van der Waals surface area contributed by atoms with Crippen LogP contribution in [0.5, 0.6) is 0 Å². The van der Waals surface area contributed by atoms with Gasteiger partial charge in [-0.1, -0.05) is 38.1 Å². The third-order valence-corrected chi connectivity index (χ3v) is 4.79. The number of benzene rings is 2. The maximum atomic E-state index is 12.7. The molecule has 1 heterocycles. The van der Waals surface area contributed by atoms with E-state index < -0.39 is 0 Å². The molecule has 0 spiro atoms. The first-order valence-electron chi connectivity index (χ1n) is 9.13. The van der Waals surface area contributed by atoms with Crippen molar-refractivity contribution >= 4 is 16.6 Å². The highest BCUT2D eigenvalue weighted by Gasteiger charge is 2.15. The molecule has 26 heavy (non-hydrogen) atoms. The summed E-state index contributed by atoms with van der Waals surface area (Å²) < 4.78 is 1.76. The van der Waals surface area contributed by atoms with Gasteiger partial charge in [-0.05, 0) is 43.5 Å². The van der Waals surface area contributed by atoms with Crippen LogP contribution in [0.2, 0.25) is 0 Å². The van der Waals surface area contributed by atoms with Crippen molar-refractivity contribution in [3.63, 3.8) is 0 Å². The maximum absolute atomic E-state index is 12.7. The van der Waals surface area contributed by atoms with Crippen LogP contribution in [0.25, 0.3) is 22.2 Å². The summed E-state index contributed by atoms with van der Waals surface area (Å²) in [4.78, 5) is 19.2. The van der Waals surface area contributed by atoms with Gasteiger partial charge in [0.1, 0.15) is 0 Å². The van der Waals surface area contributed by atoms with Crippen molar-refractivity contribution in [2.75, 3.05) is 19.0 Å². The van der Waals surface area contributed by atoms with Crippen LogP contribution in [0.3, 0.4) is 0 Å². The average Bonchev–Trinajstić information content (AvgIpc) is 2.60. The van der Waals surface area contributed by atoms with E-state index in [9.17, 15) is 4.79 Å². The Balaban J connectivity index is 2.31. The van der Waals surface area contributed by atoms with Crippen molar-refractivity contribution in [1.29, 1.82) is 0 Å². The van der Waals surface area contributed by atoms with E-state index in [0.29, 0.717) is 5.92 Å².